The van der Waals surface area contributed by atoms with Crippen molar-refractivity contribution in [2.75, 3.05) is 0 Å². The van der Waals surface area contributed by atoms with E-state index in [1.165, 1.54) is 12.1 Å². The van der Waals surface area contributed by atoms with Crippen LogP contribution in [0.2, 0.25) is 0 Å². The van der Waals surface area contributed by atoms with Crippen molar-refractivity contribution in [3.63, 3.8) is 0 Å². The molecule has 0 spiro atoms. The van der Waals surface area contributed by atoms with Gasteiger partial charge >= 0.3 is 0 Å². The lowest BCUT2D eigenvalue weighted by atomic mass is 9.96. The Kier molecular flexibility index (Phi) is 4.71. The highest BCUT2D eigenvalue weighted by Gasteiger charge is 2.16. The number of aromatic nitrogens is 2. The standard InChI is InChI=1S/C19H20FN3O/c1-12(2)18(13-7-9-14(20)10-8-13)21-11-17-22-16-6-4-3-5-15(16)19(24)23-17/h3-10,12,18,21H,11H2,1-2H3,(H,22,23,24). The monoisotopic (exact) mass is 325 g/mol. The van der Waals surface area contributed by atoms with E-state index in [4.69, 9.17) is 0 Å². The van der Waals surface area contributed by atoms with E-state index in [0.717, 1.165) is 5.56 Å². The minimum Gasteiger partial charge on any atom is -0.309 e. The fourth-order valence-electron chi connectivity index (χ4n) is 2.83. The van der Waals surface area contributed by atoms with E-state index < -0.39 is 0 Å². The van der Waals surface area contributed by atoms with Crippen LogP contribution in [0.3, 0.4) is 0 Å². The molecular formula is C19H20FN3O. The Balaban J connectivity index is 1.82. The van der Waals surface area contributed by atoms with Gasteiger partial charge < -0.3 is 10.3 Å². The molecule has 1 aromatic heterocycles. The third kappa shape index (κ3) is 3.51. The summed E-state index contributed by atoms with van der Waals surface area (Å²) in [6, 6.07) is 13.8. The zero-order valence-electron chi connectivity index (χ0n) is 13.7. The van der Waals surface area contributed by atoms with Crippen molar-refractivity contribution in [3.05, 3.63) is 76.1 Å². The van der Waals surface area contributed by atoms with Gasteiger partial charge in [-0.3, -0.25) is 4.79 Å². The number of aromatic amines is 1. The molecule has 24 heavy (non-hydrogen) atoms. The number of nitrogens with one attached hydrogen (secondary N) is 2. The molecule has 124 valence electrons. The maximum absolute atomic E-state index is 13.1. The van der Waals surface area contributed by atoms with Gasteiger partial charge in [-0.2, -0.15) is 0 Å². The smallest absolute Gasteiger partial charge is 0.258 e. The molecule has 4 nitrogen and oxygen atoms in total. The molecule has 0 aliphatic rings. The van der Waals surface area contributed by atoms with Gasteiger partial charge in [0.25, 0.3) is 5.56 Å². The third-order valence-electron chi connectivity index (χ3n) is 4.05. The lowest BCUT2D eigenvalue weighted by molar-refractivity contribution is 0.405. The highest BCUT2D eigenvalue weighted by molar-refractivity contribution is 5.77. The van der Waals surface area contributed by atoms with Gasteiger partial charge in [-0.15, -0.1) is 0 Å². The Morgan fingerprint density at radius 2 is 1.83 bits per heavy atom. The molecule has 5 heteroatoms. The van der Waals surface area contributed by atoms with Crippen molar-refractivity contribution in [3.8, 4) is 0 Å². The van der Waals surface area contributed by atoms with Crippen molar-refractivity contribution in [1.82, 2.24) is 15.3 Å². The summed E-state index contributed by atoms with van der Waals surface area (Å²) in [5, 5.41) is 3.99. The van der Waals surface area contributed by atoms with Crippen LogP contribution in [0, 0.1) is 11.7 Å². The zero-order chi connectivity index (χ0) is 17.1. The molecular weight excluding hydrogens is 305 g/mol. The average molecular weight is 325 g/mol. The summed E-state index contributed by atoms with van der Waals surface area (Å²) in [6.45, 7) is 4.62. The number of hydrogen-bond acceptors (Lipinski definition) is 3. The molecule has 0 aliphatic heterocycles. The van der Waals surface area contributed by atoms with Gasteiger partial charge in [0, 0.05) is 6.04 Å². The Morgan fingerprint density at radius 3 is 2.54 bits per heavy atom. The molecule has 0 aliphatic carbocycles. The highest BCUT2D eigenvalue weighted by atomic mass is 19.1. The molecule has 0 fully saturated rings. The number of para-hydroxylation sites is 1. The molecule has 2 aromatic carbocycles. The first-order valence-electron chi connectivity index (χ1n) is 8.01. The Bertz CT molecular complexity index is 887. The zero-order valence-corrected chi connectivity index (χ0v) is 13.7. The fourth-order valence-corrected chi connectivity index (χ4v) is 2.83. The van der Waals surface area contributed by atoms with Crippen molar-refractivity contribution >= 4 is 10.9 Å². The second-order valence-corrected chi connectivity index (χ2v) is 6.18. The van der Waals surface area contributed by atoms with E-state index >= 15 is 0 Å². The van der Waals surface area contributed by atoms with Gasteiger partial charge in [-0.05, 0) is 35.7 Å². The van der Waals surface area contributed by atoms with E-state index in [9.17, 15) is 9.18 Å². The molecule has 1 atom stereocenters. The number of rotatable bonds is 5. The molecule has 1 unspecified atom stereocenters. The molecule has 3 rings (SSSR count). The van der Waals surface area contributed by atoms with Crippen molar-refractivity contribution < 1.29 is 4.39 Å². The van der Waals surface area contributed by atoms with Gasteiger partial charge in [0.05, 0.1) is 17.4 Å². The number of benzene rings is 2. The molecule has 1 heterocycles. The lowest BCUT2D eigenvalue weighted by Crippen LogP contribution is -2.27. The molecule has 0 radical (unpaired) electrons. The predicted molar refractivity (Wildman–Crippen MR) is 93.2 cm³/mol. The van der Waals surface area contributed by atoms with E-state index in [1.807, 2.05) is 18.2 Å². The normalized spacial score (nSPS) is 12.7. The minimum atomic E-state index is -0.248. The van der Waals surface area contributed by atoms with Crippen LogP contribution < -0.4 is 10.9 Å². The summed E-state index contributed by atoms with van der Waals surface area (Å²) >= 11 is 0. The van der Waals surface area contributed by atoms with Crippen LogP contribution in [-0.4, -0.2) is 9.97 Å². The number of fused-ring (bicyclic) bond motifs is 1. The Labute approximate surface area is 139 Å². The van der Waals surface area contributed by atoms with Crippen LogP contribution in [0.4, 0.5) is 4.39 Å². The second-order valence-electron chi connectivity index (χ2n) is 6.18. The molecule has 2 N–H and O–H groups in total. The predicted octanol–water partition coefficient (Wildman–Crippen LogP) is 3.55. The average Bonchev–Trinajstić information content (AvgIpc) is 2.56. The lowest BCUT2D eigenvalue weighted by Gasteiger charge is -2.23. The molecule has 3 aromatic rings. The molecule has 0 amide bonds. The first kappa shape index (κ1) is 16.3. The van der Waals surface area contributed by atoms with Crippen molar-refractivity contribution in [1.29, 1.82) is 0 Å². The van der Waals surface area contributed by atoms with Crippen LogP contribution in [0.1, 0.15) is 31.3 Å². The van der Waals surface area contributed by atoms with Crippen LogP contribution in [0.15, 0.2) is 53.3 Å². The maximum Gasteiger partial charge on any atom is 0.258 e. The SMILES string of the molecule is CC(C)C(NCc1nc2ccccc2c(=O)[nH]1)c1ccc(F)cc1. The third-order valence-corrected chi connectivity index (χ3v) is 4.05. The van der Waals surface area contributed by atoms with Gasteiger partial charge in [0.2, 0.25) is 0 Å². The van der Waals surface area contributed by atoms with Crippen LogP contribution in [0.25, 0.3) is 10.9 Å². The fraction of sp³-hybridized carbons (Fsp3) is 0.263. The van der Waals surface area contributed by atoms with E-state index in [-0.39, 0.29) is 17.4 Å². The first-order chi connectivity index (χ1) is 11.5. The topological polar surface area (TPSA) is 57.8 Å². The molecule has 0 saturated heterocycles. The number of hydrogen-bond donors (Lipinski definition) is 2. The number of H-pyrrole nitrogens is 1. The first-order valence-corrected chi connectivity index (χ1v) is 8.01. The number of halogens is 1. The summed E-state index contributed by atoms with van der Waals surface area (Å²) in [5.74, 6) is 0.649. The molecule has 0 bridgehead atoms. The van der Waals surface area contributed by atoms with Gasteiger partial charge in [0.15, 0.2) is 0 Å². The summed E-state index contributed by atoms with van der Waals surface area (Å²) in [5.41, 5.74) is 1.55. The van der Waals surface area contributed by atoms with Crippen LogP contribution in [-0.2, 0) is 6.54 Å². The van der Waals surface area contributed by atoms with Crippen LogP contribution in [0.5, 0.6) is 0 Å². The van der Waals surface area contributed by atoms with E-state index in [0.29, 0.717) is 29.2 Å². The van der Waals surface area contributed by atoms with Crippen molar-refractivity contribution in [2.45, 2.75) is 26.4 Å². The summed E-state index contributed by atoms with van der Waals surface area (Å²) in [7, 11) is 0. The Hall–Kier alpha value is -2.53. The second kappa shape index (κ2) is 6.93. The summed E-state index contributed by atoms with van der Waals surface area (Å²) in [6.07, 6.45) is 0. The van der Waals surface area contributed by atoms with Gasteiger partial charge in [-0.25, -0.2) is 9.37 Å². The van der Waals surface area contributed by atoms with E-state index in [1.54, 1.807) is 18.2 Å². The summed E-state index contributed by atoms with van der Waals surface area (Å²) < 4.78 is 13.1. The van der Waals surface area contributed by atoms with Crippen LogP contribution >= 0.6 is 0 Å². The quantitative estimate of drug-likeness (QED) is 0.754. The minimum absolute atomic E-state index is 0.0439. The van der Waals surface area contributed by atoms with E-state index in [2.05, 4.69) is 29.1 Å². The number of nitrogens with zero attached hydrogens (tertiary/aromatic N) is 1. The maximum atomic E-state index is 13.1. The largest absolute Gasteiger partial charge is 0.309 e. The van der Waals surface area contributed by atoms with Gasteiger partial charge in [-0.1, -0.05) is 38.1 Å². The summed E-state index contributed by atoms with van der Waals surface area (Å²) in [4.78, 5) is 19.4. The highest BCUT2D eigenvalue weighted by Crippen LogP contribution is 2.22. The Morgan fingerprint density at radius 1 is 1.12 bits per heavy atom. The van der Waals surface area contributed by atoms with Gasteiger partial charge in [0.1, 0.15) is 11.6 Å². The molecule has 0 saturated carbocycles. The van der Waals surface area contributed by atoms with Crippen molar-refractivity contribution in [2.24, 2.45) is 5.92 Å².